The summed E-state index contributed by atoms with van der Waals surface area (Å²) < 4.78 is 11.7. The van der Waals surface area contributed by atoms with Gasteiger partial charge in [-0.05, 0) is 19.0 Å². The van der Waals surface area contributed by atoms with Crippen molar-refractivity contribution in [3.63, 3.8) is 0 Å². The van der Waals surface area contributed by atoms with Gasteiger partial charge in [0.25, 0.3) is 0 Å². The molecule has 1 rings (SSSR count). The van der Waals surface area contributed by atoms with E-state index in [0.29, 0.717) is 6.61 Å². The standard InChI is InChI=1S/C13H21O2Si/c1-4-14-13(15-16(5-2)6-3)12-10-8-7-9-11-12/h7-11,13H,4-6H2,1-3H3. The minimum absolute atomic E-state index is 0.181. The van der Waals surface area contributed by atoms with Gasteiger partial charge in [-0.2, -0.15) is 0 Å². The van der Waals surface area contributed by atoms with Gasteiger partial charge in [0, 0.05) is 12.2 Å². The van der Waals surface area contributed by atoms with Gasteiger partial charge in [-0.25, -0.2) is 0 Å². The summed E-state index contributed by atoms with van der Waals surface area (Å²) in [5.41, 5.74) is 1.12. The minimum atomic E-state index is -0.716. The van der Waals surface area contributed by atoms with E-state index in [9.17, 15) is 0 Å². The first-order valence-corrected chi connectivity index (χ1v) is 7.81. The Bertz CT molecular complexity index is 273. The summed E-state index contributed by atoms with van der Waals surface area (Å²) in [5, 5.41) is 0. The van der Waals surface area contributed by atoms with Crippen LogP contribution < -0.4 is 0 Å². The molecule has 0 aromatic heterocycles. The number of hydrogen-bond donors (Lipinski definition) is 0. The molecule has 2 nitrogen and oxygen atoms in total. The Hall–Kier alpha value is -0.643. The van der Waals surface area contributed by atoms with E-state index in [4.69, 9.17) is 9.16 Å². The lowest BCUT2D eigenvalue weighted by atomic mass is 10.2. The van der Waals surface area contributed by atoms with Crippen LogP contribution in [-0.4, -0.2) is 15.6 Å². The van der Waals surface area contributed by atoms with E-state index in [1.54, 1.807) is 0 Å². The molecule has 1 aromatic carbocycles. The lowest BCUT2D eigenvalue weighted by Gasteiger charge is -2.22. The van der Waals surface area contributed by atoms with Crippen LogP contribution in [0.2, 0.25) is 12.1 Å². The van der Waals surface area contributed by atoms with Gasteiger partial charge in [-0.1, -0.05) is 44.2 Å². The Morgan fingerprint density at radius 3 is 2.19 bits per heavy atom. The maximum atomic E-state index is 6.06. The molecule has 0 heterocycles. The first-order chi connectivity index (χ1) is 7.81. The molecule has 89 valence electrons. The van der Waals surface area contributed by atoms with E-state index in [1.165, 1.54) is 0 Å². The topological polar surface area (TPSA) is 18.5 Å². The summed E-state index contributed by atoms with van der Waals surface area (Å²) in [7, 11) is -0.716. The molecule has 0 bridgehead atoms. The first-order valence-electron chi connectivity index (χ1n) is 5.99. The molecule has 0 saturated carbocycles. The Morgan fingerprint density at radius 1 is 1.06 bits per heavy atom. The van der Waals surface area contributed by atoms with Gasteiger partial charge in [-0.3, -0.25) is 0 Å². The molecule has 1 atom stereocenters. The Labute approximate surface area is 100 Å². The van der Waals surface area contributed by atoms with Crippen molar-refractivity contribution in [3.05, 3.63) is 35.9 Å². The van der Waals surface area contributed by atoms with E-state index in [0.717, 1.165) is 17.7 Å². The normalized spacial score (nSPS) is 13.0. The second-order valence-electron chi connectivity index (χ2n) is 3.56. The molecule has 0 spiro atoms. The van der Waals surface area contributed by atoms with Crippen molar-refractivity contribution in [1.29, 1.82) is 0 Å². The van der Waals surface area contributed by atoms with Crippen LogP contribution in [0, 0.1) is 0 Å². The average Bonchev–Trinajstić information content (AvgIpc) is 2.35. The van der Waals surface area contributed by atoms with Crippen molar-refractivity contribution >= 4 is 9.04 Å². The van der Waals surface area contributed by atoms with Gasteiger partial charge in [0.2, 0.25) is 9.04 Å². The summed E-state index contributed by atoms with van der Waals surface area (Å²) >= 11 is 0. The smallest absolute Gasteiger partial charge is 0.214 e. The minimum Gasteiger partial charge on any atom is -0.389 e. The predicted molar refractivity (Wildman–Crippen MR) is 68.6 cm³/mol. The third kappa shape index (κ3) is 4.08. The van der Waals surface area contributed by atoms with Crippen molar-refractivity contribution in [2.24, 2.45) is 0 Å². The number of ether oxygens (including phenoxy) is 1. The van der Waals surface area contributed by atoms with Crippen LogP contribution in [0.1, 0.15) is 32.6 Å². The monoisotopic (exact) mass is 237 g/mol. The quantitative estimate of drug-likeness (QED) is 0.531. The molecule has 1 aromatic rings. The molecule has 0 N–H and O–H groups in total. The molecule has 3 heteroatoms. The van der Waals surface area contributed by atoms with E-state index in [2.05, 4.69) is 26.0 Å². The Balaban J connectivity index is 2.67. The highest BCUT2D eigenvalue weighted by Crippen LogP contribution is 2.21. The van der Waals surface area contributed by atoms with Crippen molar-refractivity contribution < 1.29 is 9.16 Å². The molecule has 0 amide bonds. The molecule has 1 unspecified atom stereocenters. The summed E-state index contributed by atoms with van der Waals surface area (Å²) in [6, 6.07) is 12.4. The second-order valence-corrected chi connectivity index (χ2v) is 6.29. The fraction of sp³-hybridized carbons (Fsp3) is 0.538. The molecule has 0 aliphatic carbocycles. The molecule has 1 radical (unpaired) electrons. The highest BCUT2D eigenvalue weighted by atomic mass is 28.3. The van der Waals surface area contributed by atoms with E-state index < -0.39 is 9.04 Å². The van der Waals surface area contributed by atoms with Crippen LogP contribution in [0.25, 0.3) is 0 Å². The fourth-order valence-corrected chi connectivity index (χ4v) is 2.87. The third-order valence-corrected chi connectivity index (χ3v) is 4.58. The molecule has 0 aliphatic rings. The highest BCUT2D eigenvalue weighted by molar-refractivity contribution is 6.51. The van der Waals surface area contributed by atoms with Gasteiger partial charge >= 0.3 is 0 Å². The molecular weight excluding hydrogens is 216 g/mol. The fourth-order valence-electron chi connectivity index (χ4n) is 1.53. The largest absolute Gasteiger partial charge is 0.389 e. The summed E-state index contributed by atoms with van der Waals surface area (Å²) in [5.74, 6) is 0. The van der Waals surface area contributed by atoms with E-state index >= 15 is 0 Å². The maximum Gasteiger partial charge on any atom is 0.214 e. The van der Waals surface area contributed by atoms with Crippen molar-refractivity contribution in [1.82, 2.24) is 0 Å². The Morgan fingerprint density at radius 2 is 1.69 bits per heavy atom. The van der Waals surface area contributed by atoms with Crippen LogP contribution in [0.15, 0.2) is 30.3 Å². The van der Waals surface area contributed by atoms with E-state index in [1.807, 2.05) is 25.1 Å². The molecular formula is C13H21O2Si. The maximum absolute atomic E-state index is 6.06. The predicted octanol–water partition coefficient (Wildman–Crippen LogP) is 3.77. The van der Waals surface area contributed by atoms with Crippen LogP contribution in [0.4, 0.5) is 0 Å². The zero-order chi connectivity index (χ0) is 11.8. The summed E-state index contributed by atoms with van der Waals surface area (Å²) in [6.45, 7) is 7.06. The van der Waals surface area contributed by atoms with Crippen molar-refractivity contribution in [2.45, 2.75) is 39.1 Å². The van der Waals surface area contributed by atoms with Crippen LogP contribution in [0.3, 0.4) is 0 Å². The van der Waals surface area contributed by atoms with Gasteiger partial charge in [0.1, 0.15) is 0 Å². The van der Waals surface area contributed by atoms with Gasteiger partial charge in [0.15, 0.2) is 6.29 Å². The number of benzene rings is 1. The SMILES string of the molecule is CCOC(O[Si](CC)CC)c1ccccc1. The molecule has 0 fully saturated rings. The average molecular weight is 237 g/mol. The number of hydrogen-bond acceptors (Lipinski definition) is 2. The zero-order valence-corrected chi connectivity index (χ0v) is 11.4. The van der Waals surface area contributed by atoms with Gasteiger partial charge in [-0.15, -0.1) is 0 Å². The second kappa shape index (κ2) is 7.60. The summed E-state index contributed by atoms with van der Waals surface area (Å²) in [6.07, 6.45) is -0.181. The molecule has 0 saturated heterocycles. The lowest BCUT2D eigenvalue weighted by Crippen LogP contribution is -2.21. The lowest BCUT2D eigenvalue weighted by molar-refractivity contribution is -0.0817. The van der Waals surface area contributed by atoms with Gasteiger partial charge in [0.05, 0.1) is 0 Å². The first kappa shape index (κ1) is 13.4. The highest BCUT2D eigenvalue weighted by Gasteiger charge is 2.17. The van der Waals surface area contributed by atoms with Crippen LogP contribution in [0.5, 0.6) is 0 Å². The molecule has 16 heavy (non-hydrogen) atoms. The van der Waals surface area contributed by atoms with E-state index in [-0.39, 0.29) is 6.29 Å². The molecule has 0 aliphatic heterocycles. The summed E-state index contributed by atoms with van der Waals surface area (Å²) in [4.78, 5) is 0. The van der Waals surface area contributed by atoms with Crippen LogP contribution in [-0.2, 0) is 9.16 Å². The zero-order valence-electron chi connectivity index (χ0n) is 10.4. The third-order valence-electron chi connectivity index (χ3n) is 2.45. The Kier molecular flexibility index (Phi) is 6.38. The van der Waals surface area contributed by atoms with Crippen molar-refractivity contribution in [2.75, 3.05) is 6.61 Å². The van der Waals surface area contributed by atoms with Crippen molar-refractivity contribution in [3.8, 4) is 0 Å². The number of rotatable bonds is 7. The van der Waals surface area contributed by atoms with Gasteiger partial charge < -0.3 is 9.16 Å². The van der Waals surface area contributed by atoms with Crippen LogP contribution >= 0.6 is 0 Å².